The molecule has 1 aliphatic rings. The Morgan fingerprint density at radius 2 is 0.897 bits per heavy atom. The zero-order chi connectivity index (χ0) is 30.7. The maximum Gasteiger partial charge on any atom is 0.311 e. The Hall–Kier alpha value is -2.16. The van der Waals surface area contributed by atoms with E-state index in [1.165, 1.54) is 0 Å². The molecule has 0 amide bonds. The van der Waals surface area contributed by atoms with Crippen LogP contribution in [0.25, 0.3) is 0 Å². The monoisotopic (exact) mass is 556 g/mol. The van der Waals surface area contributed by atoms with Crippen molar-refractivity contribution in [3.63, 3.8) is 0 Å². The number of carbonyl (C=O) groups is 4. The first-order chi connectivity index (χ1) is 17.4. The number of esters is 4. The van der Waals surface area contributed by atoms with E-state index >= 15 is 0 Å². The standard InChI is InChI=1S/C30H52O9/c1-17(2)15-18-20(37-24(32)28(6,7)8)22(39-26(34)30(12,13)14)21(38-25(33)29(9,10)11)19(36-18)16-35-23(31)27(3,4)5/h17-22H,15-16H2,1-14H3/t18-,19-,20+,21-,22-/m1/s1. The highest BCUT2D eigenvalue weighted by Gasteiger charge is 2.54. The van der Waals surface area contributed by atoms with Crippen LogP contribution in [0.5, 0.6) is 0 Å². The zero-order valence-corrected chi connectivity index (χ0v) is 26.6. The molecular weight excluding hydrogens is 504 g/mol. The van der Waals surface area contributed by atoms with Gasteiger partial charge in [-0.05, 0) is 95.4 Å². The van der Waals surface area contributed by atoms with Crippen molar-refractivity contribution in [2.24, 2.45) is 27.6 Å². The SMILES string of the molecule is CC(C)C[C@H]1O[C@H](COC(=O)C(C)(C)C)[C@@H](OC(=O)C(C)(C)C)[C@H](OC(=O)C(C)(C)C)[C@H]1OC(=O)C(C)(C)C. The van der Waals surface area contributed by atoms with Gasteiger partial charge in [-0.15, -0.1) is 0 Å². The Bertz CT molecular complexity index is 878. The van der Waals surface area contributed by atoms with Gasteiger partial charge in [0.15, 0.2) is 18.3 Å². The molecule has 0 saturated carbocycles. The molecule has 0 N–H and O–H groups in total. The van der Waals surface area contributed by atoms with Crippen molar-refractivity contribution in [1.82, 2.24) is 0 Å². The van der Waals surface area contributed by atoms with Gasteiger partial charge in [-0.2, -0.15) is 0 Å². The predicted molar refractivity (Wildman–Crippen MR) is 147 cm³/mol. The van der Waals surface area contributed by atoms with Crippen molar-refractivity contribution in [3.8, 4) is 0 Å². The van der Waals surface area contributed by atoms with Gasteiger partial charge in [0.25, 0.3) is 0 Å². The molecule has 0 radical (unpaired) electrons. The summed E-state index contributed by atoms with van der Waals surface area (Å²) in [5, 5.41) is 0. The second-order valence-electron chi connectivity index (χ2n) is 15.1. The van der Waals surface area contributed by atoms with Crippen LogP contribution in [0.15, 0.2) is 0 Å². The smallest absolute Gasteiger partial charge is 0.311 e. The van der Waals surface area contributed by atoms with Crippen molar-refractivity contribution in [2.45, 2.75) is 134 Å². The van der Waals surface area contributed by atoms with E-state index < -0.39 is 76.1 Å². The molecule has 9 heteroatoms. The topological polar surface area (TPSA) is 114 Å². The summed E-state index contributed by atoms with van der Waals surface area (Å²) in [5.41, 5.74) is -3.40. The number of hydrogen-bond donors (Lipinski definition) is 0. The maximum absolute atomic E-state index is 13.2. The molecule has 5 atom stereocenters. The first-order valence-corrected chi connectivity index (χ1v) is 13.8. The predicted octanol–water partition coefficient (Wildman–Crippen LogP) is 5.26. The highest BCUT2D eigenvalue weighted by Crippen LogP contribution is 2.35. The third kappa shape index (κ3) is 10.4. The lowest BCUT2D eigenvalue weighted by atomic mass is 9.88. The van der Waals surface area contributed by atoms with E-state index in [1.807, 2.05) is 13.8 Å². The van der Waals surface area contributed by atoms with Crippen LogP contribution in [0.1, 0.15) is 103 Å². The molecule has 1 fully saturated rings. The van der Waals surface area contributed by atoms with E-state index in [9.17, 15) is 19.2 Å². The normalized spacial score (nSPS) is 24.6. The molecule has 0 spiro atoms. The van der Waals surface area contributed by atoms with Crippen LogP contribution >= 0.6 is 0 Å². The number of ether oxygens (including phenoxy) is 5. The molecule has 0 aromatic carbocycles. The zero-order valence-electron chi connectivity index (χ0n) is 26.6. The maximum atomic E-state index is 13.2. The fourth-order valence-electron chi connectivity index (χ4n) is 3.47. The van der Waals surface area contributed by atoms with Crippen molar-refractivity contribution in [2.75, 3.05) is 6.61 Å². The third-order valence-electron chi connectivity index (χ3n) is 5.99. The lowest BCUT2D eigenvalue weighted by Crippen LogP contribution is -2.63. The van der Waals surface area contributed by atoms with Crippen molar-refractivity contribution >= 4 is 23.9 Å². The Balaban J connectivity index is 3.69. The highest BCUT2D eigenvalue weighted by atomic mass is 16.7. The average Bonchev–Trinajstić information content (AvgIpc) is 2.72. The largest absolute Gasteiger partial charge is 0.462 e. The fourth-order valence-corrected chi connectivity index (χ4v) is 3.47. The Kier molecular flexibility index (Phi) is 11.2. The minimum atomic E-state index is -1.20. The summed E-state index contributed by atoms with van der Waals surface area (Å²) >= 11 is 0. The molecule has 226 valence electrons. The van der Waals surface area contributed by atoms with Crippen molar-refractivity contribution in [1.29, 1.82) is 0 Å². The number of carbonyl (C=O) groups excluding carboxylic acids is 4. The number of hydrogen-bond acceptors (Lipinski definition) is 9. The summed E-state index contributed by atoms with van der Waals surface area (Å²) in [4.78, 5) is 52.0. The summed E-state index contributed by atoms with van der Waals surface area (Å²) in [7, 11) is 0. The molecule has 39 heavy (non-hydrogen) atoms. The lowest BCUT2D eigenvalue weighted by Gasteiger charge is -2.46. The lowest BCUT2D eigenvalue weighted by molar-refractivity contribution is -0.262. The van der Waals surface area contributed by atoms with E-state index in [-0.39, 0.29) is 12.5 Å². The average molecular weight is 557 g/mol. The molecular formula is C30H52O9. The molecule has 1 saturated heterocycles. The van der Waals surface area contributed by atoms with Crippen LogP contribution < -0.4 is 0 Å². The third-order valence-corrected chi connectivity index (χ3v) is 5.99. The Morgan fingerprint density at radius 1 is 0.564 bits per heavy atom. The molecule has 9 nitrogen and oxygen atoms in total. The summed E-state index contributed by atoms with van der Waals surface area (Å²) in [6.45, 7) is 24.3. The molecule has 0 unspecified atom stereocenters. The van der Waals surface area contributed by atoms with Crippen LogP contribution in [-0.4, -0.2) is 61.0 Å². The minimum Gasteiger partial charge on any atom is -0.462 e. The van der Waals surface area contributed by atoms with E-state index in [0.717, 1.165) is 0 Å². The van der Waals surface area contributed by atoms with Crippen LogP contribution in [0.4, 0.5) is 0 Å². The van der Waals surface area contributed by atoms with Gasteiger partial charge in [0.1, 0.15) is 12.7 Å². The van der Waals surface area contributed by atoms with Gasteiger partial charge in [-0.3, -0.25) is 19.2 Å². The van der Waals surface area contributed by atoms with Gasteiger partial charge in [0.05, 0.1) is 27.8 Å². The van der Waals surface area contributed by atoms with Gasteiger partial charge < -0.3 is 23.7 Å². The quantitative estimate of drug-likeness (QED) is 0.306. The van der Waals surface area contributed by atoms with Gasteiger partial charge in [-0.1, -0.05) is 13.8 Å². The van der Waals surface area contributed by atoms with Crippen LogP contribution in [-0.2, 0) is 42.9 Å². The van der Waals surface area contributed by atoms with Crippen molar-refractivity contribution < 1.29 is 42.9 Å². The first-order valence-electron chi connectivity index (χ1n) is 13.8. The Labute approximate surface area is 235 Å². The van der Waals surface area contributed by atoms with Gasteiger partial charge in [-0.25, -0.2) is 0 Å². The van der Waals surface area contributed by atoms with Gasteiger partial charge in [0.2, 0.25) is 0 Å². The summed E-state index contributed by atoms with van der Waals surface area (Å²) in [6, 6.07) is 0. The molecule has 0 aromatic heterocycles. The Morgan fingerprint density at radius 3 is 1.23 bits per heavy atom. The molecule has 1 heterocycles. The van der Waals surface area contributed by atoms with Gasteiger partial charge in [0, 0.05) is 0 Å². The highest BCUT2D eigenvalue weighted by molar-refractivity contribution is 5.78. The summed E-state index contributed by atoms with van der Waals surface area (Å²) in [6.07, 6.45) is -4.67. The second kappa shape index (κ2) is 12.6. The molecule has 0 aromatic rings. The minimum absolute atomic E-state index is 0.122. The fraction of sp³-hybridized carbons (Fsp3) is 0.867. The number of rotatable bonds is 7. The summed E-state index contributed by atoms with van der Waals surface area (Å²) < 4.78 is 29.9. The van der Waals surface area contributed by atoms with E-state index in [1.54, 1.807) is 83.1 Å². The molecule has 0 aliphatic carbocycles. The molecule has 0 bridgehead atoms. The van der Waals surface area contributed by atoms with Gasteiger partial charge >= 0.3 is 23.9 Å². The summed E-state index contributed by atoms with van der Waals surface area (Å²) in [5.74, 6) is -1.98. The molecule has 1 rings (SSSR count). The van der Waals surface area contributed by atoms with Crippen LogP contribution in [0, 0.1) is 27.6 Å². The first kappa shape index (κ1) is 34.9. The van der Waals surface area contributed by atoms with E-state index in [0.29, 0.717) is 6.42 Å². The van der Waals surface area contributed by atoms with Crippen LogP contribution in [0.2, 0.25) is 0 Å². The van der Waals surface area contributed by atoms with Crippen LogP contribution in [0.3, 0.4) is 0 Å². The molecule has 1 aliphatic heterocycles. The van der Waals surface area contributed by atoms with Crippen molar-refractivity contribution in [3.05, 3.63) is 0 Å². The second-order valence-corrected chi connectivity index (χ2v) is 15.1. The van der Waals surface area contributed by atoms with E-state index in [2.05, 4.69) is 0 Å². The van der Waals surface area contributed by atoms with E-state index in [4.69, 9.17) is 23.7 Å².